The summed E-state index contributed by atoms with van der Waals surface area (Å²) in [5, 5.41) is 6.01. The van der Waals surface area contributed by atoms with Crippen LogP contribution in [0.25, 0.3) is 0 Å². The van der Waals surface area contributed by atoms with Gasteiger partial charge in [-0.05, 0) is 36.8 Å². The molecule has 3 aromatic rings. The minimum absolute atomic E-state index is 0.0446. The first-order chi connectivity index (χ1) is 12.7. The third-order valence-electron chi connectivity index (χ3n) is 3.75. The highest BCUT2D eigenvalue weighted by Gasteiger charge is 2.04. The normalized spacial score (nSPS) is 10.2. The number of pyridine rings is 1. The van der Waals surface area contributed by atoms with E-state index in [4.69, 9.17) is 4.74 Å². The number of hydrogen-bond acceptors (Lipinski definition) is 4. The van der Waals surface area contributed by atoms with Gasteiger partial charge in [0.1, 0.15) is 11.6 Å². The topological polar surface area (TPSA) is 63.2 Å². The zero-order valence-electron chi connectivity index (χ0n) is 14.6. The number of hydrogen-bond donors (Lipinski definition) is 2. The molecule has 2 N–H and O–H groups in total. The molecule has 1 amide bonds. The van der Waals surface area contributed by atoms with Gasteiger partial charge in [0, 0.05) is 6.54 Å². The summed E-state index contributed by atoms with van der Waals surface area (Å²) in [6.07, 6.45) is 1.62. The van der Waals surface area contributed by atoms with Crippen molar-refractivity contribution in [3.05, 3.63) is 84.1 Å². The molecular formula is C21H21N3O2. The fraction of sp³-hybridized carbons (Fsp3) is 0.143. The summed E-state index contributed by atoms with van der Waals surface area (Å²) in [5.41, 5.74) is 2.96. The van der Waals surface area contributed by atoms with Crippen molar-refractivity contribution in [2.24, 2.45) is 0 Å². The second kappa shape index (κ2) is 8.67. The second-order valence-electron chi connectivity index (χ2n) is 5.92. The van der Waals surface area contributed by atoms with E-state index in [2.05, 4.69) is 27.8 Å². The number of carbonyl (C=O) groups excluding carboxylic acids is 1. The molecule has 0 unspecified atom stereocenters. The predicted octanol–water partition coefficient (Wildman–Crippen LogP) is 4.02. The maximum Gasteiger partial charge on any atom is 0.262 e. The number of aryl methyl sites for hydroxylation is 1. The van der Waals surface area contributed by atoms with Crippen LogP contribution in [0.5, 0.6) is 5.75 Å². The highest BCUT2D eigenvalue weighted by Crippen LogP contribution is 2.13. The maximum atomic E-state index is 12.0. The molecule has 0 saturated heterocycles. The van der Waals surface area contributed by atoms with Crippen molar-refractivity contribution in [2.45, 2.75) is 13.5 Å². The van der Waals surface area contributed by atoms with E-state index in [1.807, 2.05) is 61.5 Å². The molecule has 2 aromatic carbocycles. The first-order valence-corrected chi connectivity index (χ1v) is 8.42. The molecule has 5 heteroatoms. The van der Waals surface area contributed by atoms with Crippen LogP contribution in [-0.4, -0.2) is 17.5 Å². The molecule has 26 heavy (non-hydrogen) atoms. The zero-order valence-corrected chi connectivity index (χ0v) is 14.6. The van der Waals surface area contributed by atoms with E-state index in [-0.39, 0.29) is 12.5 Å². The van der Waals surface area contributed by atoms with Crippen LogP contribution in [0.4, 0.5) is 11.5 Å². The molecule has 0 fully saturated rings. The molecule has 0 spiro atoms. The van der Waals surface area contributed by atoms with Gasteiger partial charge < -0.3 is 15.4 Å². The Balaban J connectivity index is 1.45. The monoisotopic (exact) mass is 347 g/mol. The molecule has 0 radical (unpaired) electrons. The fourth-order valence-electron chi connectivity index (χ4n) is 2.34. The third kappa shape index (κ3) is 5.34. The van der Waals surface area contributed by atoms with Gasteiger partial charge in [0.2, 0.25) is 0 Å². The van der Waals surface area contributed by atoms with E-state index < -0.39 is 0 Å². The van der Waals surface area contributed by atoms with Crippen LogP contribution >= 0.6 is 0 Å². The van der Waals surface area contributed by atoms with Gasteiger partial charge in [-0.1, -0.05) is 48.0 Å². The van der Waals surface area contributed by atoms with Gasteiger partial charge in [-0.25, -0.2) is 4.98 Å². The Morgan fingerprint density at radius 1 is 1.00 bits per heavy atom. The van der Waals surface area contributed by atoms with Gasteiger partial charge in [0.15, 0.2) is 6.61 Å². The van der Waals surface area contributed by atoms with Gasteiger partial charge in [0.25, 0.3) is 5.91 Å². The minimum Gasteiger partial charge on any atom is -0.484 e. The van der Waals surface area contributed by atoms with Crippen molar-refractivity contribution in [1.29, 1.82) is 0 Å². The van der Waals surface area contributed by atoms with E-state index in [0.29, 0.717) is 18.0 Å². The molecule has 132 valence electrons. The second-order valence-corrected chi connectivity index (χ2v) is 5.92. The number of carbonyl (C=O) groups is 1. The van der Waals surface area contributed by atoms with Crippen LogP contribution < -0.4 is 15.4 Å². The summed E-state index contributed by atoms with van der Waals surface area (Å²) in [6.45, 7) is 2.66. The van der Waals surface area contributed by atoms with Gasteiger partial charge in [-0.2, -0.15) is 0 Å². The van der Waals surface area contributed by atoms with Gasteiger partial charge in [-0.15, -0.1) is 0 Å². The van der Waals surface area contributed by atoms with Crippen molar-refractivity contribution in [3.8, 4) is 5.75 Å². The summed E-state index contributed by atoms with van der Waals surface area (Å²) in [7, 11) is 0. The number of nitrogens with one attached hydrogen (secondary N) is 2. The third-order valence-corrected chi connectivity index (χ3v) is 3.75. The average Bonchev–Trinajstić information content (AvgIpc) is 2.68. The quantitative estimate of drug-likeness (QED) is 0.678. The standard InChI is InChI=1S/C21H21N3O2/c1-16-7-10-19(11-8-16)26-15-21(25)24-18-9-12-20(23-14-18)22-13-17-5-3-2-4-6-17/h2-12,14H,13,15H2,1H3,(H,22,23)(H,24,25). The lowest BCUT2D eigenvalue weighted by atomic mass is 10.2. The Labute approximate surface area is 153 Å². The Hall–Kier alpha value is -3.34. The van der Waals surface area contributed by atoms with Crippen molar-refractivity contribution in [2.75, 3.05) is 17.2 Å². The molecule has 3 rings (SSSR count). The molecule has 0 atom stereocenters. The van der Waals surface area contributed by atoms with Crippen LogP contribution in [0.15, 0.2) is 72.9 Å². The fourth-order valence-corrected chi connectivity index (χ4v) is 2.34. The first-order valence-electron chi connectivity index (χ1n) is 8.42. The van der Waals surface area contributed by atoms with E-state index in [1.54, 1.807) is 6.20 Å². The number of benzene rings is 2. The van der Waals surface area contributed by atoms with Gasteiger partial charge in [0.05, 0.1) is 11.9 Å². The van der Waals surface area contributed by atoms with Gasteiger partial charge >= 0.3 is 0 Å². The number of nitrogens with zero attached hydrogens (tertiary/aromatic N) is 1. The summed E-state index contributed by atoms with van der Waals surface area (Å²) in [4.78, 5) is 16.3. The molecule has 5 nitrogen and oxygen atoms in total. The highest BCUT2D eigenvalue weighted by molar-refractivity contribution is 5.91. The van der Waals surface area contributed by atoms with Crippen molar-refractivity contribution >= 4 is 17.4 Å². The maximum absolute atomic E-state index is 12.0. The number of ether oxygens (including phenoxy) is 1. The van der Waals surface area contributed by atoms with Crippen LogP contribution in [-0.2, 0) is 11.3 Å². The van der Waals surface area contributed by atoms with Crippen molar-refractivity contribution < 1.29 is 9.53 Å². The smallest absolute Gasteiger partial charge is 0.262 e. The van der Waals surface area contributed by atoms with Crippen molar-refractivity contribution in [3.63, 3.8) is 0 Å². The molecule has 0 aliphatic carbocycles. The Morgan fingerprint density at radius 3 is 2.46 bits per heavy atom. The van der Waals surface area contributed by atoms with Crippen LogP contribution in [0.1, 0.15) is 11.1 Å². The van der Waals surface area contributed by atoms with Crippen LogP contribution in [0.3, 0.4) is 0 Å². The average molecular weight is 347 g/mol. The summed E-state index contributed by atoms with van der Waals surface area (Å²) in [5.74, 6) is 1.20. The number of rotatable bonds is 7. The summed E-state index contributed by atoms with van der Waals surface area (Å²) >= 11 is 0. The van der Waals surface area contributed by atoms with Crippen LogP contribution in [0.2, 0.25) is 0 Å². The molecule has 0 aliphatic heterocycles. The van der Waals surface area contributed by atoms with Crippen molar-refractivity contribution in [1.82, 2.24) is 4.98 Å². The molecule has 0 bridgehead atoms. The van der Waals surface area contributed by atoms with E-state index in [0.717, 1.165) is 11.4 Å². The highest BCUT2D eigenvalue weighted by atomic mass is 16.5. The number of aromatic nitrogens is 1. The summed E-state index contributed by atoms with van der Waals surface area (Å²) < 4.78 is 5.46. The Morgan fingerprint density at radius 2 is 1.77 bits per heavy atom. The lowest BCUT2D eigenvalue weighted by Crippen LogP contribution is -2.20. The Bertz CT molecular complexity index is 831. The molecule has 1 aromatic heterocycles. The largest absolute Gasteiger partial charge is 0.484 e. The van der Waals surface area contributed by atoms with Gasteiger partial charge in [-0.3, -0.25) is 4.79 Å². The molecule has 0 aliphatic rings. The van der Waals surface area contributed by atoms with E-state index in [9.17, 15) is 4.79 Å². The minimum atomic E-state index is -0.225. The summed E-state index contributed by atoms with van der Waals surface area (Å²) in [6, 6.07) is 21.3. The first kappa shape index (κ1) is 17.5. The lowest BCUT2D eigenvalue weighted by Gasteiger charge is -2.09. The lowest BCUT2D eigenvalue weighted by molar-refractivity contribution is -0.118. The predicted molar refractivity (Wildman–Crippen MR) is 103 cm³/mol. The van der Waals surface area contributed by atoms with Crippen LogP contribution in [0, 0.1) is 6.92 Å². The number of anilines is 2. The Kier molecular flexibility index (Phi) is 5.83. The van der Waals surface area contributed by atoms with E-state index in [1.165, 1.54) is 5.56 Å². The number of amides is 1. The van der Waals surface area contributed by atoms with E-state index >= 15 is 0 Å². The molecule has 1 heterocycles. The molecule has 0 saturated carbocycles. The SMILES string of the molecule is Cc1ccc(OCC(=O)Nc2ccc(NCc3ccccc3)nc2)cc1. The zero-order chi connectivity index (χ0) is 18.2. The molecular weight excluding hydrogens is 326 g/mol.